The van der Waals surface area contributed by atoms with Gasteiger partial charge in [0.05, 0.1) is 18.2 Å². The second kappa shape index (κ2) is 6.20. The Kier molecular flexibility index (Phi) is 4.24. The van der Waals surface area contributed by atoms with Crippen molar-refractivity contribution >= 4 is 11.6 Å². The predicted octanol–water partition coefficient (Wildman–Crippen LogP) is 4.83. The Bertz CT molecular complexity index is 884. The molecule has 24 heavy (non-hydrogen) atoms. The van der Waals surface area contributed by atoms with Crippen molar-refractivity contribution in [1.82, 2.24) is 9.78 Å². The first kappa shape index (κ1) is 16.4. The Labute approximate surface area is 141 Å². The summed E-state index contributed by atoms with van der Waals surface area (Å²) in [5.41, 5.74) is 0.533. The minimum atomic E-state index is -1.04. The third kappa shape index (κ3) is 2.73. The SMILES string of the molecule is COc1ccc(-c2nn(C)c(Cl)c2-c2c(F)cc(F)cc2F)cc1. The number of hydrogen-bond donors (Lipinski definition) is 0. The van der Waals surface area contributed by atoms with Crippen LogP contribution >= 0.6 is 11.6 Å². The lowest BCUT2D eigenvalue weighted by Gasteiger charge is -2.08. The molecule has 0 atom stereocenters. The number of ether oxygens (including phenoxy) is 1. The number of halogens is 4. The molecule has 3 rings (SSSR count). The fourth-order valence-corrected chi connectivity index (χ4v) is 2.68. The molecule has 0 bridgehead atoms. The van der Waals surface area contributed by atoms with E-state index in [1.165, 1.54) is 11.8 Å². The topological polar surface area (TPSA) is 27.1 Å². The van der Waals surface area contributed by atoms with E-state index in [1.807, 2.05) is 0 Å². The predicted molar refractivity (Wildman–Crippen MR) is 85.5 cm³/mol. The summed E-state index contributed by atoms with van der Waals surface area (Å²) in [5.74, 6) is -2.46. The van der Waals surface area contributed by atoms with E-state index in [1.54, 1.807) is 31.3 Å². The van der Waals surface area contributed by atoms with Gasteiger partial charge in [-0.1, -0.05) is 11.6 Å². The summed E-state index contributed by atoms with van der Waals surface area (Å²) in [6.07, 6.45) is 0. The van der Waals surface area contributed by atoms with Gasteiger partial charge >= 0.3 is 0 Å². The van der Waals surface area contributed by atoms with Gasteiger partial charge in [-0.15, -0.1) is 0 Å². The average molecular weight is 353 g/mol. The molecule has 0 aliphatic rings. The number of aromatic nitrogens is 2. The molecule has 0 radical (unpaired) electrons. The van der Waals surface area contributed by atoms with Gasteiger partial charge in [0.1, 0.15) is 34.0 Å². The molecule has 0 saturated heterocycles. The number of methoxy groups -OCH3 is 1. The van der Waals surface area contributed by atoms with Gasteiger partial charge in [-0.05, 0) is 24.3 Å². The van der Waals surface area contributed by atoms with Crippen LogP contribution in [0.25, 0.3) is 22.4 Å². The minimum absolute atomic E-state index is 0.0465. The lowest BCUT2D eigenvalue weighted by molar-refractivity contribution is 0.415. The molecular weight excluding hydrogens is 341 g/mol. The van der Waals surface area contributed by atoms with E-state index in [2.05, 4.69) is 5.10 Å². The van der Waals surface area contributed by atoms with Gasteiger partial charge in [0.15, 0.2) is 0 Å². The summed E-state index contributed by atoms with van der Waals surface area (Å²) in [4.78, 5) is 0. The van der Waals surface area contributed by atoms with Gasteiger partial charge < -0.3 is 4.74 Å². The van der Waals surface area contributed by atoms with Crippen LogP contribution in [0.2, 0.25) is 5.15 Å². The maximum Gasteiger partial charge on any atom is 0.137 e. The molecule has 0 saturated carbocycles. The number of hydrogen-bond acceptors (Lipinski definition) is 2. The molecule has 2 aromatic carbocycles. The van der Waals surface area contributed by atoms with Crippen LogP contribution in [-0.2, 0) is 7.05 Å². The smallest absolute Gasteiger partial charge is 0.137 e. The molecule has 0 spiro atoms. The molecule has 7 heteroatoms. The maximum absolute atomic E-state index is 14.2. The second-order valence-corrected chi connectivity index (χ2v) is 5.47. The average Bonchev–Trinajstić information content (AvgIpc) is 2.83. The Balaban J connectivity index is 2.26. The summed E-state index contributed by atoms with van der Waals surface area (Å²) in [6.45, 7) is 0. The zero-order valence-corrected chi connectivity index (χ0v) is 13.5. The normalized spacial score (nSPS) is 10.9. The standard InChI is InChI=1S/C17H12ClF3N2O/c1-23-17(18)15(14-12(20)7-10(19)8-13(14)21)16(22-23)9-3-5-11(24-2)6-4-9/h3-8H,1-2H3. The van der Waals surface area contributed by atoms with Crippen molar-refractivity contribution in [2.24, 2.45) is 7.05 Å². The lowest BCUT2D eigenvalue weighted by Crippen LogP contribution is -1.94. The van der Waals surface area contributed by atoms with Crippen LogP contribution in [-0.4, -0.2) is 16.9 Å². The van der Waals surface area contributed by atoms with Gasteiger partial charge in [-0.25, -0.2) is 13.2 Å². The van der Waals surface area contributed by atoms with E-state index in [0.29, 0.717) is 23.4 Å². The number of aryl methyl sites for hydroxylation is 1. The zero-order valence-electron chi connectivity index (χ0n) is 12.8. The number of rotatable bonds is 3. The van der Waals surface area contributed by atoms with E-state index in [-0.39, 0.29) is 16.4 Å². The molecule has 1 heterocycles. The third-order valence-electron chi connectivity index (χ3n) is 3.60. The van der Waals surface area contributed by atoms with Crippen LogP contribution in [0, 0.1) is 17.5 Å². The Morgan fingerprint density at radius 1 is 1.00 bits per heavy atom. The molecular formula is C17H12ClF3N2O. The molecule has 0 aliphatic heterocycles. The van der Waals surface area contributed by atoms with E-state index in [4.69, 9.17) is 16.3 Å². The molecule has 3 aromatic rings. The Morgan fingerprint density at radius 3 is 2.12 bits per heavy atom. The van der Waals surface area contributed by atoms with Crippen molar-refractivity contribution in [3.63, 3.8) is 0 Å². The summed E-state index contributed by atoms with van der Waals surface area (Å²) >= 11 is 6.19. The van der Waals surface area contributed by atoms with Gasteiger partial charge in [-0.2, -0.15) is 5.10 Å². The third-order valence-corrected chi connectivity index (χ3v) is 4.03. The summed E-state index contributed by atoms with van der Waals surface area (Å²) in [5, 5.41) is 4.28. The largest absolute Gasteiger partial charge is 0.497 e. The highest BCUT2D eigenvalue weighted by molar-refractivity contribution is 6.33. The van der Waals surface area contributed by atoms with E-state index in [9.17, 15) is 13.2 Å². The maximum atomic E-state index is 14.2. The van der Waals surface area contributed by atoms with Gasteiger partial charge in [0.25, 0.3) is 0 Å². The van der Waals surface area contributed by atoms with Crippen molar-refractivity contribution < 1.29 is 17.9 Å². The molecule has 124 valence electrons. The van der Waals surface area contributed by atoms with Gasteiger partial charge in [0, 0.05) is 24.7 Å². The summed E-state index contributed by atoms with van der Waals surface area (Å²) in [6, 6.07) is 8.00. The van der Waals surface area contributed by atoms with Crippen LogP contribution < -0.4 is 4.74 Å². The van der Waals surface area contributed by atoms with E-state index < -0.39 is 23.0 Å². The first-order valence-corrected chi connectivity index (χ1v) is 7.32. The Hall–Kier alpha value is -2.47. The molecule has 0 N–H and O–H groups in total. The minimum Gasteiger partial charge on any atom is -0.497 e. The zero-order chi connectivity index (χ0) is 17.4. The molecule has 0 amide bonds. The van der Waals surface area contributed by atoms with Crippen molar-refractivity contribution in [3.8, 4) is 28.1 Å². The van der Waals surface area contributed by atoms with Crippen molar-refractivity contribution in [1.29, 1.82) is 0 Å². The molecule has 3 nitrogen and oxygen atoms in total. The molecule has 0 unspecified atom stereocenters. The van der Waals surface area contributed by atoms with Crippen LogP contribution in [0.3, 0.4) is 0 Å². The fraction of sp³-hybridized carbons (Fsp3) is 0.118. The van der Waals surface area contributed by atoms with Crippen LogP contribution in [0.4, 0.5) is 13.2 Å². The molecule has 1 aromatic heterocycles. The highest BCUT2D eigenvalue weighted by Crippen LogP contribution is 2.40. The first-order valence-electron chi connectivity index (χ1n) is 6.94. The van der Waals surface area contributed by atoms with E-state index >= 15 is 0 Å². The Morgan fingerprint density at radius 2 is 1.58 bits per heavy atom. The monoisotopic (exact) mass is 352 g/mol. The number of benzene rings is 2. The molecule has 0 fully saturated rings. The van der Waals surface area contributed by atoms with Gasteiger partial charge in [-0.3, -0.25) is 4.68 Å². The van der Waals surface area contributed by atoms with Crippen LogP contribution in [0.5, 0.6) is 5.75 Å². The quantitative estimate of drug-likeness (QED) is 0.675. The van der Waals surface area contributed by atoms with Crippen LogP contribution in [0.1, 0.15) is 0 Å². The summed E-state index contributed by atoms with van der Waals surface area (Å²) in [7, 11) is 3.08. The van der Waals surface area contributed by atoms with E-state index in [0.717, 1.165) is 0 Å². The first-order chi connectivity index (χ1) is 11.4. The van der Waals surface area contributed by atoms with Crippen molar-refractivity contribution in [3.05, 3.63) is 59.0 Å². The van der Waals surface area contributed by atoms with Gasteiger partial charge in [0.2, 0.25) is 0 Å². The summed E-state index contributed by atoms with van der Waals surface area (Å²) < 4.78 is 48.0. The highest BCUT2D eigenvalue weighted by atomic mass is 35.5. The van der Waals surface area contributed by atoms with Crippen LogP contribution in [0.15, 0.2) is 36.4 Å². The molecule has 0 aliphatic carbocycles. The fourth-order valence-electron chi connectivity index (χ4n) is 2.46. The number of nitrogens with zero attached hydrogens (tertiary/aromatic N) is 2. The highest BCUT2D eigenvalue weighted by Gasteiger charge is 2.24. The lowest BCUT2D eigenvalue weighted by atomic mass is 10.0. The second-order valence-electron chi connectivity index (χ2n) is 5.11. The van der Waals surface area contributed by atoms with Crippen molar-refractivity contribution in [2.45, 2.75) is 0 Å². The van der Waals surface area contributed by atoms with Crippen molar-refractivity contribution in [2.75, 3.05) is 7.11 Å².